The Morgan fingerprint density at radius 2 is 1.71 bits per heavy atom. The summed E-state index contributed by atoms with van der Waals surface area (Å²) in [5.41, 5.74) is 2.05. The van der Waals surface area contributed by atoms with E-state index in [9.17, 15) is 14.4 Å². The van der Waals surface area contributed by atoms with Crippen LogP contribution in [0.3, 0.4) is 0 Å². The van der Waals surface area contributed by atoms with Crippen molar-refractivity contribution >= 4 is 29.3 Å². The maximum Gasteiger partial charge on any atom is 0.261 e. The maximum absolute atomic E-state index is 13.2. The molecule has 1 atom stereocenters. The first kappa shape index (κ1) is 22.4. The Bertz CT molecular complexity index is 1250. The highest BCUT2D eigenvalue weighted by molar-refractivity contribution is 6.31. The van der Waals surface area contributed by atoms with Gasteiger partial charge in [-0.3, -0.25) is 24.2 Å². The van der Waals surface area contributed by atoms with Gasteiger partial charge in [-0.1, -0.05) is 29.8 Å². The molecule has 1 unspecified atom stereocenters. The molecule has 2 aromatic carbocycles. The van der Waals surface area contributed by atoms with Crippen LogP contribution in [0.5, 0.6) is 0 Å². The summed E-state index contributed by atoms with van der Waals surface area (Å²) in [7, 11) is 0. The van der Waals surface area contributed by atoms with Crippen molar-refractivity contribution in [1.82, 2.24) is 14.7 Å². The highest BCUT2D eigenvalue weighted by atomic mass is 35.5. The van der Waals surface area contributed by atoms with Crippen LogP contribution in [0.25, 0.3) is 0 Å². The van der Waals surface area contributed by atoms with Crippen molar-refractivity contribution in [2.75, 3.05) is 26.2 Å². The normalized spacial score (nSPS) is 17.2. The summed E-state index contributed by atoms with van der Waals surface area (Å²) in [4.78, 5) is 44.0. The average molecular weight is 478 g/mol. The number of halogens is 1. The number of amides is 3. The van der Waals surface area contributed by atoms with Crippen LogP contribution in [0.2, 0.25) is 5.02 Å². The number of piperazine rings is 1. The van der Waals surface area contributed by atoms with Crippen molar-refractivity contribution < 1.29 is 18.8 Å². The van der Waals surface area contributed by atoms with Crippen molar-refractivity contribution in [3.8, 4) is 0 Å². The fourth-order valence-corrected chi connectivity index (χ4v) is 4.92. The van der Waals surface area contributed by atoms with Crippen molar-refractivity contribution in [1.29, 1.82) is 0 Å². The molecular weight excluding hydrogens is 454 g/mol. The summed E-state index contributed by atoms with van der Waals surface area (Å²) in [6, 6.07) is 16.1. The minimum atomic E-state index is -0.413. The van der Waals surface area contributed by atoms with E-state index in [2.05, 4.69) is 11.8 Å². The summed E-state index contributed by atoms with van der Waals surface area (Å²) in [6.45, 7) is 4.77. The molecule has 5 rings (SSSR count). The molecule has 0 saturated carbocycles. The van der Waals surface area contributed by atoms with Crippen LogP contribution in [0.4, 0.5) is 0 Å². The Balaban J connectivity index is 1.26. The molecule has 3 heterocycles. The van der Waals surface area contributed by atoms with Crippen LogP contribution in [0.1, 0.15) is 55.4 Å². The van der Waals surface area contributed by atoms with Crippen LogP contribution in [0, 0.1) is 0 Å². The van der Waals surface area contributed by atoms with Gasteiger partial charge in [0.05, 0.1) is 23.9 Å². The average Bonchev–Trinajstić information content (AvgIpc) is 3.46. The molecule has 0 N–H and O–H groups in total. The molecule has 3 amide bonds. The van der Waals surface area contributed by atoms with Gasteiger partial charge in [-0.15, -0.1) is 0 Å². The summed E-state index contributed by atoms with van der Waals surface area (Å²) >= 11 is 6.36. The van der Waals surface area contributed by atoms with Crippen molar-refractivity contribution in [3.05, 3.63) is 93.9 Å². The van der Waals surface area contributed by atoms with Gasteiger partial charge in [0, 0.05) is 42.8 Å². The lowest BCUT2D eigenvalue weighted by Gasteiger charge is -2.38. The zero-order chi connectivity index (χ0) is 23.8. The van der Waals surface area contributed by atoms with Gasteiger partial charge in [-0.25, -0.2) is 0 Å². The third-order valence-corrected chi connectivity index (χ3v) is 6.96. The molecule has 34 heavy (non-hydrogen) atoms. The molecule has 1 aromatic heterocycles. The summed E-state index contributed by atoms with van der Waals surface area (Å²) < 4.78 is 5.27. The smallest absolute Gasteiger partial charge is 0.261 e. The quantitative estimate of drug-likeness (QED) is 0.514. The molecule has 2 aliphatic rings. The first-order valence-electron chi connectivity index (χ1n) is 11.2. The number of fused-ring (bicyclic) bond motifs is 1. The second-order valence-electron chi connectivity index (χ2n) is 8.56. The van der Waals surface area contributed by atoms with E-state index in [0.29, 0.717) is 30.0 Å². The van der Waals surface area contributed by atoms with Gasteiger partial charge in [-0.2, -0.15) is 0 Å². The maximum atomic E-state index is 13.2. The van der Waals surface area contributed by atoms with Crippen molar-refractivity contribution in [2.45, 2.75) is 19.5 Å². The molecule has 0 bridgehead atoms. The largest absolute Gasteiger partial charge is 0.467 e. The number of imide groups is 1. The van der Waals surface area contributed by atoms with E-state index < -0.39 is 5.91 Å². The molecule has 3 aromatic rings. The van der Waals surface area contributed by atoms with Gasteiger partial charge in [0.1, 0.15) is 5.76 Å². The van der Waals surface area contributed by atoms with Gasteiger partial charge in [0.15, 0.2) is 0 Å². The highest BCUT2D eigenvalue weighted by Gasteiger charge is 2.37. The fraction of sp³-hybridized carbons (Fsp3) is 0.269. The molecule has 174 valence electrons. The standard InChI is InChI=1S/C26H24ClN3O4/c1-17(20-6-2-3-7-23(20)27)28-10-12-29(13-11-28)24(31)18-8-9-21-22(15-18)26(33)30(25(21)32)16-19-5-4-14-34-19/h2-9,14-15,17H,10-13,16H2,1H3. The minimum Gasteiger partial charge on any atom is -0.467 e. The Kier molecular flexibility index (Phi) is 5.98. The molecule has 7 nitrogen and oxygen atoms in total. The lowest BCUT2D eigenvalue weighted by Crippen LogP contribution is -2.49. The number of furan rings is 1. The van der Waals surface area contributed by atoms with Crippen LogP contribution in [0.15, 0.2) is 65.3 Å². The lowest BCUT2D eigenvalue weighted by molar-refractivity contribution is 0.0581. The summed E-state index contributed by atoms with van der Waals surface area (Å²) in [6.07, 6.45) is 1.50. The summed E-state index contributed by atoms with van der Waals surface area (Å²) in [5.74, 6) is -0.408. The zero-order valence-corrected chi connectivity index (χ0v) is 19.5. The van der Waals surface area contributed by atoms with Gasteiger partial charge >= 0.3 is 0 Å². The van der Waals surface area contributed by atoms with Crippen molar-refractivity contribution in [2.24, 2.45) is 0 Å². The predicted molar refractivity (Wildman–Crippen MR) is 127 cm³/mol. The van der Waals surface area contributed by atoms with E-state index in [1.54, 1.807) is 35.2 Å². The minimum absolute atomic E-state index is 0.0637. The Morgan fingerprint density at radius 1 is 0.971 bits per heavy atom. The molecule has 8 heteroatoms. The number of hydrogen-bond donors (Lipinski definition) is 0. The molecular formula is C26H24ClN3O4. The zero-order valence-electron chi connectivity index (χ0n) is 18.7. The first-order valence-corrected chi connectivity index (χ1v) is 11.6. The van der Waals surface area contributed by atoms with E-state index in [1.807, 2.05) is 24.3 Å². The predicted octanol–water partition coefficient (Wildman–Crippen LogP) is 4.25. The van der Waals surface area contributed by atoms with Crippen LogP contribution in [-0.2, 0) is 6.54 Å². The molecule has 0 aliphatic carbocycles. The molecule has 1 saturated heterocycles. The van der Waals surface area contributed by atoms with Crippen LogP contribution in [-0.4, -0.2) is 58.6 Å². The molecule has 0 radical (unpaired) electrons. The molecule has 2 aliphatic heterocycles. The van der Waals surface area contributed by atoms with Crippen LogP contribution < -0.4 is 0 Å². The SMILES string of the molecule is CC(c1ccccc1Cl)N1CCN(C(=O)c2ccc3c(c2)C(=O)N(Cc2ccco2)C3=O)CC1. The third-order valence-electron chi connectivity index (χ3n) is 6.62. The topological polar surface area (TPSA) is 74.1 Å². The number of nitrogens with zero attached hydrogens (tertiary/aromatic N) is 3. The molecule has 0 spiro atoms. The number of carbonyl (C=O) groups excluding carboxylic acids is 3. The Hall–Kier alpha value is -3.42. The van der Waals surface area contributed by atoms with Gasteiger partial charge < -0.3 is 9.32 Å². The second kappa shape index (κ2) is 9.08. The van der Waals surface area contributed by atoms with E-state index in [0.717, 1.165) is 28.6 Å². The van der Waals surface area contributed by atoms with Gasteiger partial charge in [0.25, 0.3) is 17.7 Å². The van der Waals surface area contributed by atoms with E-state index in [4.69, 9.17) is 16.0 Å². The summed E-state index contributed by atoms with van der Waals surface area (Å²) in [5, 5.41) is 0.743. The Morgan fingerprint density at radius 3 is 2.41 bits per heavy atom. The van der Waals surface area contributed by atoms with Gasteiger partial charge in [0.2, 0.25) is 0 Å². The number of rotatable bonds is 5. The van der Waals surface area contributed by atoms with E-state index in [1.165, 1.54) is 6.26 Å². The second-order valence-corrected chi connectivity index (χ2v) is 8.97. The third kappa shape index (κ3) is 4.02. The van der Waals surface area contributed by atoms with Crippen LogP contribution >= 0.6 is 11.6 Å². The van der Waals surface area contributed by atoms with Gasteiger partial charge in [-0.05, 0) is 48.9 Å². The number of carbonyl (C=O) groups is 3. The highest BCUT2D eigenvalue weighted by Crippen LogP contribution is 2.29. The van der Waals surface area contributed by atoms with E-state index in [-0.39, 0.29) is 30.0 Å². The van der Waals surface area contributed by atoms with E-state index >= 15 is 0 Å². The number of benzene rings is 2. The van der Waals surface area contributed by atoms with Crippen molar-refractivity contribution in [3.63, 3.8) is 0 Å². The molecule has 1 fully saturated rings. The Labute approximate surface area is 202 Å². The lowest BCUT2D eigenvalue weighted by atomic mass is 10.0. The fourth-order valence-electron chi connectivity index (χ4n) is 4.63. The first-order chi connectivity index (χ1) is 16.4. The number of hydrogen-bond acceptors (Lipinski definition) is 5. The monoisotopic (exact) mass is 477 g/mol.